The van der Waals surface area contributed by atoms with Crippen molar-refractivity contribution in [2.24, 2.45) is 5.92 Å². The molecule has 3 rings (SSSR count). The van der Waals surface area contributed by atoms with Crippen molar-refractivity contribution in [2.45, 2.75) is 45.0 Å². The van der Waals surface area contributed by atoms with Gasteiger partial charge in [0.1, 0.15) is 10.8 Å². The normalized spacial score (nSPS) is 25.0. The number of aliphatic hydroxyl groups is 1. The van der Waals surface area contributed by atoms with Gasteiger partial charge in [-0.2, -0.15) is 0 Å². The number of hydrogen-bond acceptors (Lipinski definition) is 5. The Morgan fingerprint density at radius 3 is 2.52 bits per heavy atom. The zero-order valence-electron chi connectivity index (χ0n) is 14.6. The van der Waals surface area contributed by atoms with Crippen molar-refractivity contribution >= 4 is 23.3 Å². The Labute approximate surface area is 151 Å². The van der Waals surface area contributed by atoms with Crippen molar-refractivity contribution in [3.8, 4) is 0 Å². The summed E-state index contributed by atoms with van der Waals surface area (Å²) >= 11 is 6.33. The van der Waals surface area contributed by atoms with E-state index in [-0.39, 0.29) is 34.3 Å². The summed E-state index contributed by atoms with van der Waals surface area (Å²) in [5.41, 5.74) is 0.538. The van der Waals surface area contributed by atoms with Crippen LogP contribution in [0.1, 0.15) is 48.7 Å². The number of hydrogen-bond donors (Lipinski definition) is 1. The summed E-state index contributed by atoms with van der Waals surface area (Å²) in [6.07, 6.45) is 0.561. The minimum absolute atomic E-state index is 0.0188. The van der Waals surface area contributed by atoms with Gasteiger partial charge in [-0.3, -0.25) is 0 Å². The molecule has 25 heavy (non-hydrogen) atoms. The number of nitrogens with zero attached hydrogens (tertiary/aromatic N) is 1. The van der Waals surface area contributed by atoms with Crippen molar-refractivity contribution in [1.29, 1.82) is 0 Å². The Morgan fingerprint density at radius 2 is 2.00 bits per heavy atom. The van der Waals surface area contributed by atoms with Crippen LogP contribution < -0.4 is 4.90 Å². The predicted octanol–water partition coefficient (Wildman–Crippen LogP) is 3.32. The van der Waals surface area contributed by atoms with E-state index in [4.69, 9.17) is 21.1 Å². The molecule has 1 N–H and O–H groups in total. The van der Waals surface area contributed by atoms with E-state index in [1.165, 1.54) is 13.2 Å². The summed E-state index contributed by atoms with van der Waals surface area (Å²) < 4.78 is 25.5. The molecule has 2 aliphatic rings. The van der Waals surface area contributed by atoms with Crippen LogP contribution in [0.2, 0.25) is 5.02 Å². The van der Waals surface area contributed by atoms with Crippen molar-refractivity contribution < 1.29 is 23.8 Å². The van der Waals surface area contributed by atoms with Gasteiger partial charge in [0, 0.05) is 18.7 Å². The van der Waals surface area contributed by atoms with Gasteiger partial charge in [0.2, 0.25) is 0 Å². The van der Waals surface area contributed by atoms with Crippen LogP contribution in [0.5, 0.6) is 0 Å². The number of esters is 1. The number of benzene rings is 1. The molecule has 0 radical (unpaired) electrons. The quantitative estimate of drug-likeness (QED) is 0.823. The van der Waals surface area contributed by atoms with Gasteiger partial charge in [-0.1, -0.05) is 11.6 Å². The predicted molar refractivity (Wildman–Crippen MR) is 92.7 cm³/mol. The molecule has 0 spiro atoms. The molecule has 0 bridgehead atoms. The standard InChI is InChI=1S/C18H23ClFNO4/c1-9-7-21(8-10(2)25-9)16-13(18(23)24-3)6-12(15(20)14(16)19)17(22)11-4-5-11/h6,9-11,17,22H,4-5,7-8H2,1-3H3/t9-,10+,17?. The first kappa shape index (κ1) is 18.4. The fourth-order valence-corrected chi connectivity index (χ4v) is 3.78. The van der Waals surface area contributed by atoms with Gasteiger partial charge in [0.15, 0.2) is 0 Å². The van der Waals surface area contributed by atoms with Crippen LogP contribution in [0.3, 0.4) is 0 Å². The van der Waals surface area contributed by atoms with E-state index in [9.17, 15) is 14.3 Å². The fraction of sp³-hybridized carbons (Fsp3) is 0.611. The van der Waals surface area contributed by atoms with Crippen LogP contribution in [-0.2, 0) is 9.47 Å². The first-order valence-electron chi connectivity index (χ1n) is 8.52. The first-order chi connectivity index (χ1) is 11.8. The van der Waals surface area contributed by atoms with E-state index >= 15 is 0 Å². The van der Waals surface area contributed by atoms with E-state index in [2.05, 4.69) is 0 Å². The van der Waals surface area contributed by atoms with Crippen LogP contribution in [-0.4, -0.2) is 43.5 Å². The van der Waals surface area contributed by atoms with Gasteiger partial charge in [0.25, 0.3) is 0 Å². The lowest BCUT2D eigenvalue weighted by molar-refractivity contribution is -0.00535. The molecular weight excluding hydrogens is 349 g/mol. The highest BCUT2D eigenvalue weighted by atomic mass is 35.5. The second-order valence-corrected chi connectivity index (χ2v) is 7.30. The minimum Gasteiger partial charge on any atom is -0.465 e. The third kappa shape index (κ3) is 3.61. The highest BCUT2D eigenvalue weighted by Gasteiger charge is 2.36. The molecule has 1 unspecified atom stereocenters. The lowest BCUT2D eigenvalue weighted by Crippen LogP contribution is -2.46. The summed E-state index contributed by atoms with van der Waals surface area (Å²) in [5, 5.41) is 10.2. The molecule has 1 aliphatic carbocycles. The molecule has 1 aromatic rings. The highest BCUT2D eigenvalue weighted by molar-refractivity contribution is 6.34. The maximum Gasteiger partial charge on any atom is 0.340 e. The number of rotatable bonds is 4. The summed E-state index contributed by atoms with van der Waals surface area (Å²) in [5.74, 6) is -1.26. The molecule has 5 nitrogen and oxygen atoms in total. The van der Waals surface area contributed by atoms with Crippen molar-refractivity contribution in [3.05, 3.63) is 28.0 Å². The van der Waals surface area contributed by atoms with E-state index in [0.717, 1.165) is 12.8 Å². The number of carbonyl (C=O) groups excluding carboxylic acids is 1. The monoisotopic (exact) mass is 371 g/mol. The van der Waals surface area contributed by atoms with Crippen LogP contribution >= 0.6 is 11.6 Å². The van der Waals surface area contributed by atoms with Crippen molar-refractivity contribution in [2.75, 3.05) is 25.1 Å². The molecule has 2 fully saturated rings. The third-order valence-electron chi connectivity index (χ3n) is 4.74. The Morgan fingerprint density at radius 1 is 1.40 bits per heavy atom. The number of methoxy groups -OCH3 is 1. The maximum absolute atomic E-state index is 14.9. The first-order valence-corrected chi connectivity index (χ1v) is 8.90. The molecule has 7 heteroatoms. The molecule has 1 aromatic carbocycles. The summed E-state index contributed by atoms with van der Waals surface area (Å²) in [7, 11) is 1.27. The fourth-order valence-electron chi connectivity index (χ4n) is 3.45. The SMILES string of the molecule is COC(=O)c1cc(C(O)C2CC2)c(F)c(Cl)c1N1C[C@@H](C)O[C@@H](C)C1. The third-order valence-corrected chi connectivity index (χ3v) is 5.08. The van der Waals surface area contributed by atoms with E-state index in [1.807, 2.05) is 18.7 Å². The number of morpholine rings is 1. The minimum atomic E-state index is -0.961. The summed E-state index contributed by atoms with van der Waals surface area (Å²) in [6, 6.07) is 1.39. The molecule has 1 saturated heterocycles. The molecule has 0 aromatic heterocycles. The summed E-state index contributed by atoms with van der Waals surface area (Å²) in [4.78, 5) is 14.2. The molecule has 1 aliphatic heterocycles. The molecule has 1 heterocycles. The zero-order valence-corrected chi connectivity index (χ0v) is 15.3. The Kier molecular flexibility index (Phi) is 5.23. The number of anilines is 1. The highest BCUT2D eigenvalue weighted by Crippen LogP contribution is 2.45. The molecule has 138 valence electrons. The van der Waals surface area contributed by atoms with Crippen LogP contribution in [0, 0.1) is 11.7 Å². The van der Waals surface area contributed by atoms with Gasteiger partial charge in [-0.15, -0.1) is 0 Å². The number of aliphatic hydroxyl groups excluding tert-OH is 1. The van der Waals surface area contributed by atoms with Gasteiger partial charge in [-0.05, 0) is 38.7 Å². The zero-order chi connectivity index (χ0) is 18.3. The number of carbonyl (C=O) groups is 1. The lowest BCUT2D eigenvalue weighted by atomic mass is 9.99. The summed E-state index contributed by atoms with van der Waals surface area (Å²) in [6.45, 7) is 4.79. The number of ether oxygens (including phenoxy) is 2. The Balaban J connectivity index is 2.09. The van der Waals surface area contributed by atoms with Gasteiger partial charge < -0.3 is 19.5 Å². The second kappa shape index (κ2) is 7.09. The van der Waals surface area contributed by atoms with Crippen LogP contribution in [0.25, 0.3) is 0 Å². The smallest absolute Gasteiger partial charge is 0.340 e. The maximum atomic E-state index is 14.9. The Hall–Kier alpha value is -1.37. The van der Waals surface area contributed by atoms with E-state index in [0.29, 0.717) is 18.8 Å². The average Bonchev–Trinajstić information content (AvgIpc) is 3.39. The Bertz CT molecular complexity index is 670. The molecule has 1 saturated carbocycles. The van der Waals surface area contributed by atoms with E-state index in [1.54, 1.807) is 0 Å². The van der Waals surface area contributed by atoms with Crippen molar-refractivity contribution in [1.82, 2.24) is 0 Å². The topological polar surface area (TPSA) is 59.0 Å². The van der Waals surface area contributed by atoms with E-state index < -0.39 is 17.9 Å². The lowest BCUT2D eigenvalue weighted by Gasteiger charge is -2.38. The molecular formula is C18H23ClFNO4. The van der Waals surface area contributed by atoms with Gasteiger partial charge in [-0.25, -0.2) is 9.18 Å². The van der Waals surface area contributed by atoms with Crippen LogP contribution in [0.15, 0.2) is 6.07 Å². The van der Waals surface area contributed by atoms with Gasteiger partial charge >= 0.3 is 5.97 Å². The van der Waals surface area contributed by atoms with Gasteiger partial charge in [0.05, 0.1) is 36.7 Å². The largest absolute Gasteiger partial charge is 0.465 e. The molecule has 3 atom stereocenters. The van der Waals surface area contributed by atoms with Crippen LogP contribution in [0.4, 0.5) is 10.1 Å². The molecule has 0 amide bonds. The second-order valence-electron chi connectivity index (χ2n) is 6.93. The van der Waals surface area contributed by atoms with Crippen molar-refractivity contribution in [3.63, 3.8) is 0 Å². The number of halogens is 2. The average molecular weight is 372 g/mol.